The normalized spacial score (nSPS) is 13.1. The van der Waals surface area contributed by atoms with Crippen LogP contribution >= 0.6 is 23.2 Å². The molecule has 0 radical (unpaired) electrons. The van der Waals surface area contributed by atoms with Crippen molar-refractivity contribution in [3.8, 4) is 11.5 Å². The summed E-state index contributed by atoms with van der Waals surface area (Å²) < 4.78 is 49.6. The lowest BCUT2D eigenvalue weighted by Crippen LogP contribution is -2.53. The third-order valence-corrected chi connectivity index (χ3v) is 5.16. The molecule has 35 heavy (non-hydrogen) atoms. The highest BCUT2D eigenvalue weighted by Gasteiger charge is 2.45. The smallest absolute Gasteiger partial charge is 0.452 e. The molecule has 2 aromatic rings. The van der Waals surface area contributed by atoms with Gasteiger partial charge in [-0.25, -0.2) is 0 Å². The van der Waals surface area contributed by atoms with Gasteiger partial charge in [-0.2, -0.15) is 13.2 Å². The second-order valence-electron chi connectivity index (χ2n) is 7.76. The van der Waals surface area contributed by atoms with Crippen LogP contribution in [0.2, 0.25) is 10.0 Å². The lowest BCUT2D eigenvalue weighted by atomic mass is 9.98. The van der Waals surface area contributed by atoms with Crippen LogP contribution in [0, 0.1) is 5.92 Å². The Bertz CT molecular complexity index is 1060. The predicted octanol–water partition coefficient (Wildman–Crippen LogP) is 4.51. The Morgan fingerprint density at radius 2 is 1.60 bits per heavy atom. The van der Waals surface area contributed by atoms with E-state index in [1.165, 1.54) is 57.4 Å². The molecule has 0 saturated carbocycles. The van der Waals surface area contributed by atoms with Crippen molar-refractivity contribution in [1.29, 1.82) is 0 Å². The summed E-state index contributed by atoms with van der Waals surface area (Å²) in [7, 11) is 1.38. The van der Waals surface area contributed by atoms with E-state index in [-0.39, 0.29) is 21.4 Å². The van der Waals surface area contributed by atoms with Crippen molar-refractivity contribution in [3.05, 3.63) is 58.1 Å². The number of carbonyl (C=O) groups is 3. The number of alkyl halides is 3. The highest BCUT2D eigenvalue weighted by atomic mass is 35.5. The van der Waals surface area contributed by atoms with Crippen LogP contribution in [-0.4, -0.2) is 43.5 Å². The van der Waals surface area contributed by atoms with Gasteiger partial charge in [0.25, 0.3) is 11.7 Å². The van der Waals surface area contributed by atoms with Gasteiger partial charge in [-0.05, 0) is 41.8 Å². The van der Waals surface area contributed by atoms with Crippen molar-refractivity contribution in [2.75, 3.05) is 13.7 Å². The van der Waals surface area contributed by atoms with Gasteiger partial charge in [0.1, 0.15) is 17.5 Å². The molecule has 0 aliphatic rings. The van der Waals surface area contributed by atoms with E-state index in [9.17, 15) is 27.6 Å². The largest absolute Gasteiger partial charge is 0.497 e. The first kappa shape index (κ1) is 28.3. The van der Waals surface area contributed by atoms with Gasteiger partial charge in [-0.15, -0.1) is 0 Å². The van der Waals surface area contributed by atoms with Crippen LogP contribution in [-0.2, 0) is 14.4 Å². The molecule has 0 spiro atoms. The molecule has 2 amide bonds. The Morgan fingerprint density at radius 3 is 2.14 bits per heavy atom. The fourth-order valence-electron chi connectivity index (χ4n) is 3.03. The predicted molar refractivity (Wildman–Crippen MR) is 124 cm³/mol. The van der Waals surface area contributed by atoms with Gasteiger partial charge < -0.3 is 20.1 Å². The van der Waals surface area contributed by atoms with Crippen LogP contribution in [0.5, 0.6) is 11.5 Å². The molecule has 0 bridgehead atoms. The monoisotopic (exact) mass is 534 g/mol. The number of amides is 2. The van der Waals surface area contributed by atoms with Crippen molar-refractivity contribution >= 4 is 40.8 Å². The Kier molecular flexibility index (Phi) is 9.79. The molecule has 7 nitrogen and oxygen atoms in total. The number of methoxy groups -OCH3 is 1. The highest BCUT2D eigenvalue weighted by Crippen LogP contribution is 2.25. The average Bonchev–Trinajstić information content (AvgIpc) is 2.77. The maximum absolute atomic E-state index is 13.0. The molecule has 0 aromatic heterocycles. The van der Waals surface area contributed by atoms with Gasteiger partial charge in [-0.1, -0.05) is 49.2 Å². The van der Waals surface area contributed by atoms with Crippen LogP contribution in [0.15, 0.2) is 42.5 Å². The minimum absolute atomic E-state index is 0.190. The lowest BCUT2D eigenvalue weighted by Gasteiger charge is -2.26. The molecule has 2 atom stereocenters. The van der Waals surface area contributed by atoms with Crippen LogP contribution in [0.3, 0.4) is 0 Å². The number of rotatable bonds is 10. The molecule has 0 fully saturated rings. The average molecular weight is 535 g/mol. The summed E-state index contributed by atoms with van der Waals surface area (Å²) in [5.41, 5.74) is 0.211. The summed E-state index contributed by atoms with van der Waals surface area (Å²) in [5.74, 6) is -4.23. The fourth-order valence-corrected chi connectivity index (χ4v) is 3.54. The van der Waals surface area contributed by atoms with Crippen LogP contribution < -0.4 is 20.1 Å². The summed E-state index contributed by atoms with van der Waals surface area (Å²) in [6.07, 6.45) is -5.15. The van der Waals surface area contributed by atoms with Crippen LogP contribution in [0.25, 0.3) is 0 Å². The summed E-state index contributed by atoms with van der Waals surface area (Å²) in [6.45, 7) is 2.16. The number of hydrogen-bond donors (Lipinski definition) is 2. The summed E-state index contributed by atoms with van der Waals surface area (Å²) in [6, 6.07) is 7.02. The molecule has 190 valence electrons. The second kappa shape index (κ2) is 12.1. The molecule has 0 aliphatic heterocycles. The Labute approximate surface area is 209 Å². The van der Waals surface area contributed by atoms with Crippen LogP contribution in [0.4, 0.5) is 13.2 Å². The fraction of sp³-hybridized carbons (Fsp3) is 0.348. The van der Waals surface area contributed by atoms with E-state index in [0.29, 0.717) is 5.75 Å². The van der Waals surface area contributed by atoms with Gasteiger partial charge in [0, 0.05) is 10.0 Å². The molecule has 2 N–H and O–H groups in total. The minimum Gasteiger partial charge on any atom is -0.497 e. The van der Waals surface area contributed by atoms with Gasteiger partial charge in [0.2, 0.25) is 5.91 Å². The Balaban J connectivity index is 2.26. The Hall–Kier alpha value is -2.98. The SMILES string of the molecule is COc1cccc([C@H](NC(=O)COc2cc(Cl)cc(Cl)c2)C(=O)N[C@H](C(=O)C(F)(F)F)C(C)C)c1. The van der Waals surface area contributed by atoms with Crippen molar-refractivity contribution in [3.63, 3.8) is 0 Å². The third-order valence-electron chi connectivity index (χ3n) is 4.73. The van der Waals surface area contributed by atoms with Crippen molar-refractivity contribution < 1.29 is 37.0 Å². The first-order valence-electron chi connectivity index (χ1n) is 10.3. The molecule has 2 aromatic carbocycles. The quantitative estimate of drug-likeness (QED) is 0.467. The summed E-state index contributed by atoms with van der Waals surface area (Å²) in [5, 5.41) is 5.08. The van der Waals surface area contributed by atoms with E-state index in [1.54, 1.807) is 6.07 Å². The number of hydrogen-bond acceptors (Lipinski definition) is 5. The summed E-state index contributed by atoms with van der Waals surface area (Å²) in [4.78, 5) is 37.5. The number of Topliss-reactive ketones (excluding diaryl/α,β-unsaturated/α-hetero) is 1. The first-order valence-corrected chi connectivity index (χ1v) is 11.0. The third kappa shape index (κ3) is 8.32. The van der Waals surface area contributed by atoms with Gasteiger partial charge in [0.15, 0.2) is 6.61 Å². The molecule has 0 aliphatic carbocycles. The zero-order chi connectivity index (χ0) is 26.3. The number of ketones is 1. The molecule has 0 saturated heterocycles. The van der Waals surface area contributed by atoms with Crippen molar-refractivity contribution in [2.45, 2.75) is 32.1 Å². The number of ether oxygens (including phenoxy) is 2. The number of carbonyl (C=O) groups excluding carboxylic acids is 3. The second-order valence-corrected chi connectivity index (χ2v) is 8.64. The zero-order valence-corrected chi connectivity index (χ0v) is 20.4. The van der Waals surface area contributed by atoms with E-state index in [0.717, 1.165) is 0 Å². The molecule has 0 heterocycles. The maximum Gasteiger partial charge on any atom is 0.452 e. The lowest BCUT2D eigenvalue weighted by molar-refractivity contribution is -0.175. The first-order chi connectivity index (χ1) is 16.3. The molecule has 12 heteroatoms. The number of halogens is 5. The highest BCUT2D eigenvalue weighted by molar-refractivity contribution is 6.34. The molecule has 0 unspecified atom stereocenters. The van der Waals surface area contributed by atoms with E-state index in [1.807, 2.05) is 0 Å². The number of benzene rings is 2. The topological polar surface area (TPSA) is 93.7 Å². The minimum atomic E-state index is -5.15. The van der Waals surface area contributed by atoms with Gasteiger partial charge in [0.05, 0.1) is 13.2 Å². The Morgan fingerprint density at radius 1 is 0.971 bits per heavy atom. The van der Waals surface area contributed by atoms with E-state index in [2.05, 4.69) is 10.6 Å². The zero-order valence-electron chi connectivity index (χ0n) is 18.9. The van der Waals surface area contributed by atoms with Gasteiger partial charge >= 0.3 is 6.18 Å². The van der Waals surface area contributed by atoms with Crippen molar-refractivity contribution in [1.82, 2.24) is 10.6 Å². The standard InChI is InChI=1S/C23H23Cl2F3N2O5/c1-12(2)19(21(32)23(26,27)28)30-22(33)20(13-5-4-6-16(7-13)34-3)29-18(31)11-35-17-9-14(24)8-15(25)10-17/h4-10,12,19-20H,11H2,1-3H3,(H,29,31)(H,30,33)/t19-,20-/m0/s1. The van der Waals surface area contributed by atoms with Gasteiger partial charge in [-0.3, -0.25) is 14.4 Å². The van der Waals surface area contributed by atoms with E-state index < -0.39 is 48.4 Å². The molecular weight excluding hydrogens is 512 g/mol. The molecular formula is C23H23Cl2F3N2O5. The number of nitrogens with one attached hydrogen (secondary N) is 2. The maximum atomic E-state index is 13.0. The van der Waals surface area contributed by atoms with E-state index >= 15 is 0 Å². The summed E-state index contributed by atoms with van der Waals surface area (Å²) >= 11 is 11.8. The van der Waals surface area contributed by atoms with E-state index in [4.69, 9.17) is 32.7 Å². The molecule has 2 rings (SSSR count). The van der Waals surface area contributed by atoms with Crippen molar-refractivity contribution in [2.24, 2.45) is 5.92 Å². The van der Waals surface area contributed by atoms with Crippen LogP contribution in [0.1, 0.15) is 25.5 Å².